The van der Waals surface area contributed by atoms with E-state index in [4.69, 9.17) is 5.73 Å². The van der Waals surface area contributed by atoms with Crippen LogP contribution in [0.4, 0.5) is 5.82 Å². The average molecular weight is 378 g/mol. The topological polar surface area (TPSA) is 126 Å². The molecule has 1 aliphatic carbocycles. The summed E-state index contributed by atoms with van der Waals surface area (Å²) in [6, 6.07) is 7.85. The molecule has 1 saturated carbocycles. The standard InChI is InChI=1S/C20H22N6O2/c21-19-14-5-6-26(20(14)23-10-22-19)16-8-12(17(27)18(16)28)3-1-11-2-4-15-13(7-11)9-24-25-15/h2,4-7,9-10,12,16-18,27-28H,1,3,8H2,(H,24,25)(H2,21,22,23)/t12-,16+,17+,18-/m0/s1. The van der Waals surface area contributed by atoms with E-state index >= 15 is 0 Å². The number of H-pyrrole nitrogens is 1. The largest absolute Gasteiger partial charge is 0.390 e. The van der Waals surface area contributed by atoms with Gasteiger partial charge in [-0.3, -0.25) is 5.10 Å². The van der Waals surface area contributed by atoms with Crippen molar-refractivity contribution in [3.05, 3.63) is 48.5 Å². The maximum atomic E-state index is 10.7. The minimum absolute atomic E-state index is 0.0108. The number of aliphatic hydroxyl groups excluding tert-OH is 2. The number of aromatic amines is 1. The lowest BCUT2D eigenvalue weighted by molar-refractivity contribution is 0.00545. The van der Waals surface area contributed by atoms with Gasteiger partial charge in [0.15, 0.2) is 0 Å². The lowest BCUT2D eigenvalue weighted by atomic mass is 9.95. The first-order valence-electron chi connectivity index (χ1n) is 9.47. The van der Waals surface area contributed by atoms with E-state index in [9.17, 15) is 10.2 Å². The van der Waals surface area contributed by atoms with E-state index in [-0.39, 0.29) is 12.0 Å². The summed E-state index contributed by atoms with van der Waals surface area (Å²) in [4.78, 5) is 8.33. The summed E-state index contributed by atoms with van der Waals surface area (Å²) in [7, 11) is 0. The van der Waals surface area contributed by atoms with Crippen molar-refractivity contribution in [3.8, 4) is 0 Å². The number of anilines is 1. The van der Waals surface area contributed by atoms with Crippen LogP contribution in [0.2, 0.25) is 0 Å². The quantitative estimate of drug-likeness (QED) is 0.429. The second-order valence-corrected chi connectivity index (χ2v) is 7.59. The number of hydrogen-bond acceptors (Lipinski definition) is 6. The third kappa shape index (κ3) is 2.73. The van der Waals surface area contributed by atoms with Crippen LogP contribution in [-0.2, 0) is 6.42 Å². The number of nitrogen functional groups attached to an aromatic ring is 1. The Bertz CT molecular complexity index is 1140. The molecule has 8 nitrogen and oxygen atoms in total. The van der Waals surface area contributed by atoms with Crippen LogP contribution in [0.1, 0.15) is 24.4 Å². The Balaban J connectivity index is 1.35. The Labute approximate surface area is 161 Å². The van der Waals surface area contributed by atoms with Gasteiger partial charge in [0.1, 0.15) is 23.9 Å². The Hall–Kier alpha value is -2.97. The van der Waals surface area contributed by atoms with Gasteiger partial charge in [0, 0.05) is 11.6 Å². The maximum absolute atomic E-state index is 10.7. The molecule has 3 aromatic heterocycles. The minimum atomic E-state index is -0.840. The fourth-order valence-corrected chi connectivity index (χ4v) is 4.42. The highest BCUT2D eigenvalue weighted by Gasteiger charge is 2.42. The van der Waals surface area contributed by atoms with Gasteiger partial charge in [-0.05, 0) is 48.9 Å². The smallest absolute Gasteiger partial charge is 0.145 e. The maximum Gasteiger partial charge on any atom is 0.145 e. The lowest BCUT2D eigenvalue weighted by Crippen LogP contribution is -2.29. The Morgan fingerprint density at radius 1 is 1.18 bits per heavy atom. The van der Waals surface area contributed by atoms with Crippen LogP contribution >= 0.6 is 0 Å². The molecule has 144 valence electrons. The first-order valence-corrected chi connectivity index (χ1v) is 9.47. The third-order valence-electron chi connectivity index (χ3n) is 5.98. The zero-order valence-corrected chi connectivity index (χ0v) is 15.2. The number of aliphatic hydroxyl groups is 2. The molecule has 8 heteroatoms. The summed E-state index contributed by atoms with van der Waals surface area (Å²) < 4.78 is 1.92. The molecular weight excluding hydrogens is 356 g/mol. The molecule has 28 heavy (non-hydrogen) atoms. The summed E-state index contributed by atoms with van der Waals surface area (Å²) in [5.74, 6) is 0.430. The molecule has 0 radical (unpaired) electrons. The van der Waals surface area contributed by atoms with Crippen LogP contribution in [0.5, 0.6) is 0 Å². The van der Waals surface area contributed by atoms with Crippen LogP contribution in [0.15, 0.2) is 43.0 Å². The predicted molar refractivity (Wildman–Crippen MR) is 106 cm³/mol. The zero-order valence-electron chi connectivity index (χ0n) is 15.2. The van der Waals surface area contributed by atoms with Crippen molar-refractivity contribution in [1.82, 2.24) is 24.7 Å². The molecule has 0 amide bonds. The molecule has 4 aromatic rings. The van der Waals surface area contributed by atoms with Crippen molar-refractivity contribution < 1.29 is 10.2 Å². The van der Waals surface area contributed by atoms with E-state index < -0.39 is 12.2 Å². The molecule has 0 bridgehead atoms. The van der Waals surface area contributed by atoms with Gasteiger partial charge in [-0.15, -0.1) is 0 Å². The molecule has 3 heterocycles. The van der Waals surface area contributed by atoms with Crippen molar-refractivity contribution in [3.63, 3.8) is 0 Å². The highest BCUT2D eigenvalue weighted by Crippen LogP contribution is 2.39. The summed E-state index contributed by atoms with van der Waals surface area (Å²) in [6.07, 6.45) is 5.82. The van der Waals surface area contributed by atoms with E-state index in [1.165, 1.54) is 11.9 Å². The lowest BCUT2D eigenvalue weighted by Gasteiger charge is -2.19. The molecule has 0 spiro atoms. The van der Waals surface area contributed by atoms with Gasteiger partial charge in [0.25, 0.3) is 0 Å². The molecule has 0 unspecified atom stereocenters. The normalized spacial score (nSPS) is 25.1. The van der Waals surface area contributed by atoms with Crippen LogP contribution in [0.25, 0.3) is 21.9 Å². The van der Waals surface area contributed by atoms with E-state index in [1.807, 2.05) is 29.1 Å². The van der Waals surface area contributed by atoms with Crippen molar-refractivity contribution in [1.29, 1.82) is 0 Å². The van der Waals surface area contributed by atoms with E-state index in [0.717, 1.165) is 29.1 Å². The number of nitrogens with zero attached hydrogens (tertiary/aromatic N) is 4. The van der Waals surface area contributed by atoms with E-state index in [2.05, 4.69) is 32.3 Å². The Morgan fingerprint density at radius 3 is 2.96 bits per heavy atom. The number of hydrogen-bond donors (Lipinski definition) is 4. The Kier molecular flexibility index (Phi) is 4.03. The zero-order chi connectivity index (χ0) is 19.3. The summed E-state index contributed by atoms with van der Waals surface area (Å²) in [5, 5.41) is 30.2. The van der Waals surface area contributed by atoms with Gasteiger partial charge < -0.3 is 20.5 Å². The van der Waals surface area contributed by atoms with E-state index in [0.29, 0.717) is 17.9 Å². The van der Waals surface area contributed by atoms with Gasteiger partial charge in [0.05, 0.1) is 29.2 Å². The fourth-order valence-electron chi connectivity index (χ4n) is 4.42. The van der Waals surface area contributed by atoms with Crippen LogP contribution in [0, 0.1) is 5.92 Å². The number of fused-ring (bicyclic) bond motifs is 2. The van der Waals surface area contributed by atoms with E-state index in [1.54, 1.807) is 0 Å². The monoisotopic (exact) mass is 378 g/mol. The summed E-state index contributed by atoms with van der Waals surface area (Å²) in [5.41, 5.74) is 8.82. The minimum Gasteiger partial charge on any atom is -0.390 e. The second kappa shape index (κ2) is 6.57. The molecule has 5 N–H and O–H groups in total. The molecule has 4 atom stereocenters. The molecule has 0 saturated heterocycles. The number of aryl methyl sites for hydroxylation is 1. The van der Waals surface area contributed by atoms with Crippen molar-refractivity contribution >= 4 is 27.8 Å². The highest BCUT2D eigenvalue weighted by atomic mass is 16.3. The number of nitrogens with one attached hydrogen (secondary N) is 1. The number of aromatic nitrogens is 5. The third-order valence-corrected chi connectivity index (χ3v) is 5.98. The first-order chi connectivity index (χ1) is 13.6. The van der Waals surface area contributed by atoms with Gasteiger partial charge >= 0.3 is 0 Å². The van der Waals surface area contributed by atoms with Gasteiger partial charge in [0.2, 0.25) is 0 Å². The SMILES string of the molecule is Nc1ncnc2c1ccn2[C@@H]1C[C@H](CCc2ccc3[nH]ncc3c2)[C@@H](O)[C@H]1O. The second-order valence-electron chi connectivity index (χ2n) is 7.59. The molecule has 1 aliphatic rings. The Morgan fingerprint density at radius 2 is 2.07 bits per heavy atom. The van der Waals surface area contributed by atoms with Gasteiger partial charge in [-0.25, -0.2) is 9.97 Å². The molecular formula is C20H22N6O2. The molecule has 1 aromatic carbocycles. The molecule has 5 rings (SSSR count). The van der Waals surface area contributed by atoms with Gasteiger partial charge in [-0.1, -0.05) is 6.07 Å². The molecule has 1 fully saturated rings. The fraction of sp³-hybridized carbons (Fsp3) is 0.350. The number of rotatable bonds is 4. The predicted octanol–water partition coefficient (Wildman–Crippen LogP) is 1.81. The summed E-state index contributed by atoms with van der Waals surface area (Å²) in [6.45, 7) is 0. The number of nitrogens with two attached hydrogens (primary N) is 1. The van der Waals surface area contributed by atoms with Crippen LogP contribution in [-0.4, -0.2) is 47.2 Å². The highest BCUT2D eigenvalue weighted by molar-refractivity contribution is 5.86. The van der Waals surface area contributed by atoms with Crippen molar-refractivity contribution in [2.75, 3.05) is 5.73 Å². The van der Waals surface area contributed by atoms with Crippen LogP contribution in [0.3, 0.4) is 0 Å². The first kappa shape index (κ1) is 17.2. The number of benzene rings is 1. The van der Waals surface area contributed by atoms with Gasteiger partial charge in [-0.2, -0.15) is 5.10 Å². The summed E-state index contributed by atoms with van der Waals surface area (Å²) >= 11 is 0. The van der Waals surface area contributed by atoms with Crippen molar-refractivity contribution in [2.45, 2.75) is 37.5 Å². The molecule has 0 aliphatic heterocycles. The van der Waals surface area contributed by atoms with Crippen molar-refractivity contribution in [2.24, 2.45) is 5.92 Å². The average Bonchev–Trinajstić information content (AvgIpc) is 3.40. The van der Waals surface area contributed by atoms with Crippen LogP contribution < -0.4 is 5.73 Å².